The third-order valence-corrected chi connectivity index (χ3v) is 6.78. The van der Waals surface area contributed by atoms with Gasteiger partial charge >= 0.3 is 0 Å². The summed E-state index contributed by atoms with van der Waals surface area (Å²) >= 11 is 1.36. The topological polar surface area (TPSA) is 94.0 Å². The number of hydrogen-bond acceptors (Lipinski definition) is 6. The summed E-state index contributed by atoms with van der Waals surface area (Å²) in [5.41, 5.74) is 0. The quantitative estimate of drug-likeness (QED) is 0.754. The fraction of sp³-hybridized carbons (Fsp3) is 0.786. The molecule has 7 nitrogen and oxygen atoms in total. The predicted molar refractivity (Wildman–Crippen MR) is 90.1 cm³/mol. The van der Waals surface area contributed by atoms with Crippen molar-refractivity contribution in [1.29, 1.82) is 0 Å². The van der Waals surface area contributed by atoms with Gasteiger partial charge in [0.2, 0.25) is 5.91 Å². The molecule has 2 rings (SSSR count). The van der Waals surface area contributed by atoms with Crippen LogP contribution in [0.3, 0.4) is 0 Å². The number of aromatic nitrogens is 3. The van der Waals surface area contributed by atoms with Gasteiger partial charge in [0.05, 0.1) is 16.8 Å². The van der Waals surface area contributed by atoms with Crippen molar-refractivity contribution in [2.45, 2.75) is 50.1 Å². The smallest absolute Gasteiger partial charge is 0.233 e. The van der Waals surface area contributed by atoms with Crippen molar-refractivity contribution in [3.05, 3.63) is 5.82 Å². The Balaban J connectivity index is 1.98. The van der Waals surface area contributed by atoms with E-state index in [9.17, 15) is 13.2 Å². The minimum Gasteiger partial charge on any atom is -0.353 e. The molecule has 0 saturated carbocycles. The molecule has 0 spiro atoms. The zero-order valence-electron chi connectivity index (χ0n) is 13.9. The van der Waals surface area contributed by atoms with E-state index in [0.717, 1.165) is 5.82 Å². The Morgan fingerprint density at radius 2 is 2.09 bits per heavy atom. The molecule has 1 amide bonds. The SMILES string of the molecule is CC(C)NC(=O)[C@H](C)Sc1nnc(C[C@H]2CCS(=O)(=O)C2)n1C. The summed E-state index contributed by atoms with van der Waals surface area (Å²) in [5.74, 6) is 1.35. The van der Waals surface area contributed by atoms with E-state index < -0.39 is 9.84 Å². The Kier molecular flexibility index (Phi) is 5.72. The first-order valence-electron chi connectivity index (χ1n) is 7.73. The Morgan fingerprint density at radius 3 is 2.65 bits per heavy atom. The van der Waals surface area contributed by atoms with Gasteiger partial charge in [0.15, 0.2) is 15.0 Å². The number of nitrogens with one attached hydrogen (secondary N) is 1. The third kappa shape index (κ3) is 4.94. The number of amides is 1. The highest BCUT2D eigenvalue weighted by atomic mass is 32.2. The maximum atomic E-state index is 12.0. The van der Waals surface area contributed by atoms with Gasteiger partial charge in [-0.05, 0) is 33.1 Å². The van der Waals surface area contributed by atoms with Crippen LogP contribution in [0.5, 0.6) is 0 Å². The van der Waals surface area contributed by atoms with Crippen LogP contribution in [-0.2, 0) is 28.1 Å². The zero-order chi connectivity index (χ0) is 17.2. The van der Waals surface area contributed by atoms with Gasteiger partial charge in [-0.25, -0.2) is 8.42 Å². The van der Waals surface area contributed by atoms with Crippen LogP contribution in [0.15, 0.2) is 5.16 Å². The normalized spacial score (nSPS) is 21.5. The molecule has 0 radical (unpaired) electrons. The second kappa shape index (κ2) is 7.21. The molecule has 1 aliphatic rings. The average Bonchev–Trinajstić information content (AvgIpc) is 2.94. The van der Waals surface area contributed by atoms with Crippen LogP contribution in [0.1, 0.15) is 33.0 Å². The van der Waals surface area contributed by atoms with Gasteiger partial charge in [-0.3, -0.25) is 4.79 Å². The van der Waals surface area contributed by atoms with Crippen LogP contribution in [0.4, 0.5) is 0 Å². The van der Waals surface area contributed by atoms with Gasteiger partial charge in [0.25, 0.3) is 0 Å². The van der Waals surface area contributed by atoms with Crippen molar-refractivity contribution in [2.75, 3.05) is 11.5 Å². The van der Waals surface area contributed by atoms with Gasteiger partial charge in [-0.15, -0.1) is 10.2 Å². The summed E-state index contributed by atoms with van der Waals surface area (Å²) in [6, 6.07) is 0.102. The molecule has 1 N–H and O–H groups in total. The Labute approximate surface area is 141 Å². The molecule has 130 valence electrons. The Morgan fingerprint density at radius 1 is 1.39 bits per heavy atom. The molecule has 0 aliphatic carbocycles. The molecule has 1 saturated heterocycles. The van der Waals surface area contributed by atoms with Gasteiger partial charge < -0.3 is 9.88 Å². The lowest BCUT2D eigenvalue weighted by Crippen LogP contribution is -2.36. The Hall–Kier alpha value is -1.09. The number of thioether (sulfide) groups is 1. The first kappa shape index (κ1) is 18.3. The third-order valence-electron chi connectivity index (χ3n) is 3.81. The maximum absolute atomic E-state index is 12.0. The number of carbonyl (C=O) groups is 1. The monoisotopic (exact) mass is 360 g/mol. The van der Waals surface area contributed by atoms with Crippen molar-refractivity contribution in [2.24, 2.45) is 13.0 Å². The zero-order valence-corrected chi connectivity index (χ0v) is 15.6. The molecule has 1 aromatic heterocycles. The van der Waals surface area contributed by atoms with Crippen molar-refractivity contribution in [1.82, 2.24) is 20.1 Å². The molecule has 0 bridgehead atoms. The van der Waals surface area contributed by atoms with Gasteiger partial charge in [0.1, 0.15) is 5.82 Å². The lowest BCUT2D eigenvalue weighted by atomic mass is 10.1. The molecule has 1 aromatic rings. The number of sulfone groups is 1. The molecule has 23 heavy (non-hydrogen) atoms. The molecular formula is C14H24N4O3S2. The lowest BCUT2D eigenvalue weighted by Gasteiger charge is -2.14. The van der Waals surface area contributed by atoms with E-state index in [4.69, 9.17) is 0 Å². The van der Waals surface area contributed by atoms with E-state index in [-0.39, 0.29) is 34.6 Å². The molecular weight excluding hydrogens is 336 g/mol. The molecule has 1 aliphatic heterocycles. The van der Waals surface area contributed by atoms with Crippen LogP contribution >= 0.6 is 11.8 Å². The van der Waals surface area contributed by atoms with E-state index in [1.807, 2.05) is 32.4 Å². The standard InChI is InChI=1S/C14H24N4O3S2/c1-9(2)15-13(19)10(3)22-14-17-16-12(18(14)4)7-11-5-6-23(20,21)8-11/h9-11H,5-8H2,1-4H3,(H,15,19)/t10-,11+/m0/s1. The summed E-state index contributed by atoms with van der Waals surface area (Å²) < 4.78 is 24.9. The van der Waals surface area contributed by atoms with Crippen LogP contribution < -0.4 is 5.32 Å². The minimum atomic E-state index is -2.88. The second-order valence-corrected chi connectivity index (χ2v) is 9.89. The average molecular weight is 361 g/mol. The summed E-state index contributed by atoms with van der Waals surface area (Å²) in [4.78, 5) is 12.0. The fourth-order valence-electron chi connectivity index (χ4n) is 2.53. The van der Waals surface area contributed by atoms with E-state index in [0.29, 0.717) is 18.0 Å². The largest absolute Gasteiger partial charge is 0.353 e. The minimum absolute atomic E-state index is 0.0311. The van der Waals surface area contributed by atoms with E-state index in [1.54, 1.807) is 0 Å². The molecule has 0 unspecified atom stereocenters. The highest BCUT2D eigenvalue weighted by molar-refractivity contribution is 8.00. The van der Waals surface area contributed by atoms with Gasteiger partial charge in [-0.1, -0.05) is 11.8 Å². The molecule has 0 aromatic carbocycles. The summed E-state index contributed by atoms with van der Waals surface area (Å²) in [6.07, 6.45) is 1.29. The van der Waals surface area contributed by atoms with Crippen molar-refractivity contribution in [3.8, 4) is 0 Å². The molecule has 2 heterocycles. The number of carbonyl (C=O) groups excluding carboxylic acids is 1. The first-order valence-corrected chi connectivity index (χ1v) is 10.4. The number of rotatable bonds is 6. The van der Waals surface area contributed by atoms with Gasteiger partial charge in [-0.2, -0.15) is 0 Å². The van der Waals surface area contributed by atoms with Crippen LogP contribution in [0.25, 0.3) is 0 Å². The van der Waals surface area contributed by atoms with Gasteiger partial charge in [0, 0.05) is 19.5 Å². The van der Waals surface area contributed by atoms with Crippen LogP contribution in [0.2, 0.25) is 0 Å². The highest BCUT2D eigenvalue weighted by Gasteiger charge is 2.29. The predicted octanol–water partition coefficient (Wildman–Crippen LogP) is 0.797. The fourth-order valence-corrected chi connectivity index (χ4v) is 5.23. The highest BCUT2D eigenvalue weighted by Crippen LogP contribution is 2.25. The first-order chi connectivity index (χ1) is 10.7. The van der Waals surface area contributed by atoms with Crippen molar-refractivity contribution in [3.63, 3.8) is 0 Å². The summed E-state index contributed by atoms with van der Waals surface area (Å²) in [6.45, 7) is 5.68. The van der Waals surface area contributed by atoms with Crippen LogP contribution in [0, 0.1) is 5.92 Å². The number of hydrogen-bond donors (Lipinski definition) is 1. The Bertz CT molecular complexity index is 670. The maximum Gasteiger partial charge on any atom is 0.233 e. The molecule has 2 atom stereocenters. The summed E-state index contributed by atoms with van der Waals surface area (Å²) in [7, 11) is -1.02. The number of nitrogens with zero attached hydrogens (tertiary/aromatic N) is 3. The van der Waals surface area contributed by atoms with Crippen molar-refractivity contribution < 1.29 is 13.2 Å². The second-order valence-electron chi connectivity index (χ2n) is 6.35. The van der Waals surface area contributed by atoms with E-state index in [1.165, 1.54) is 11.8 Å². The van der Waals surface area contributed by atoms with Crippen LogP contribution in [-0.4, -0.2) is 51.9 Å². The van der Waals surface area contributed by atoms with E-state index >= 15 is 0 Å². The summed E-state index contributed by atoms with van der Waals surface area (Å²) in [5, 5.41) is 11.6. The van der Waals surface area contributed by atoms with Crippen molar-refractivity contribution >= 4 is 27.5 Å². The van der Waals surface area contributed by atoms with E-state index in [2.05, 4.69) is 15.5 Å². The molecule has 1 fully saturated rings. The molecule has 9 heteroatoms. The lowest BCUT2D eigenvalue weighted by molar-refractivity contribution is -0.120.